The minimum atomic E-state index is -0.284. The smallest absolute Gasteiger partial charge is 0.256 e. The van der Waals surface area contributed by atoms with Crippen molar-refractivity contribution in [2.75, 3.05) is 5.32 Å². The molecule has 136 valence electrons. The zero-order valence-corrected chi connectivity index (χ0v) is 15.6. The van der Waals surface area contributed by atoms with Gasteiger partial charge in [-0.3, -0.25) is 9.59 Å². The maximum absolute atomic E-state index is 13.0. The van der Waals surface area contributed by atoms with Crippen molar-refractivity contribution in [2.45, 2.75) is 19.9 Å². The summed E-state index contributed by atoms with van der Waals surface area (Å²) in [5, 5.41) is 4.72. The standard InChI is InChI=1S/C22H21N3O2/c1-14(2)25-12-11-16-18(8-6-10-20(16)25)23-22(27)17-13-21(26)24(3)19-9-5-4-7-15(17)19/h4-14H,1-3H3,(H,23,27). The van der Waals surface area contributed by atoms with E-state index in [2.05, 4.69) is 23.7 Å². The Morgan fingerprint density at radius 3 is 2.48 bits per heavy atom. The zero-order valence-electron chi connectivity index (χ0n) is 15.6. The first-order chi connectivity index (χ1) is 13.0. The number of hydrogen-bond donors (Lipinski definition) is 1. The van der Waals surface area contributed by atoms with Crippen LogP contribution in [0.1, 0.15) is 30.2 Å². The Morgan fingerprint density at radius 2 is 1.70 bits per heavy atom. The van der Waals surface area contributed by atoms with Gasteiger partial charge in [-0.2, -0.15) is 0 Å². The first kappa shape index (κ1) is 17.1. The number of fused-ring (bicyclic) bond motifs is 2. The predicted molar refractivity (Wildman–Crippen MR) is 109 cm³/mol. The van der Waals surface area contributed by atoms with Crippen LogP contribution in [0.3, 0.4) is 0 Å². The number of benzene rings is 2. The van der Waals surface area contributed by atoms with Crippen LogP contribution in [-0.4, -0.2) is 15.0 Å². The van der Waals surface area contributed by atoms with Gasteiger partial charge in [0, 0.05) is 36.1 Å². The van der Waals surface area contributed by atoms with E-state index in [0.29, 0.717) is 11.6 Å². The van der Waals surface area contributed by atoms with E-state index in [1.54, 1.807) is 11.6 Å². The van der Waals surface area contributed by atoms with Crippen molar-refractivity contribution >= 4 is 33.4 Å². The average Bonchev–Trinajstić information content (AvgIpc) is 3.10. The molecule has 0 radical (unpaired) electrons. The molecule has 4 aromatic rings. The van der Waals surface area contributed by atoms with Crippen LogP contribution in [0.25, 0.3) is 21.8 Å². The summed E-state index contributed by atoms with van der Waals surface area (Å²) in [5.74, 6) is -0.284. The lowest BCUT2D eigenvalue weighted by Gasteiger charge is -2.12. The van der Waals surface area contributed by atoms with Gasteiger partial charge in [-0.25, -0.2) is 0 Å². The van der Waals surface area contributed by atoms with Crippen LogP contribution in [0.5, 0.6) is 0 Å². The monoisotopic (exact) mass is 359 g/mol. The van der Waals surface area contributed by atoms with Crippen molar-refractivity contribution < 1.29 is 4.79 Å². The number of rotatable bonds is 3. The minimum Gasteiger partial charge on any atom is -0.345 e. The van der Waals surface area contributed by atoms with Gasteiger partial charge in [-0.05, 0) is 38.1 Å². The van der Waals surface area contributed by atoms with Gasteiger partial charge in [0.25, 0.3) is 11.5 Å². The fourth-order valence-corrected chi connectivity index (χ4v) is 3.54. The Bertz CT molecular complexity index is 1230. The van der Waals surface area contributed by atoms with Gasteiger partial charge < -0.3 is 14.5 Å². The molecule has 1 amide bonds. The van der Waals surface area contributed by atoms with E-state index in [1.165, 1.54) is 6.07 Å². The summed E-state index contributed by atoms with van der Waals surface area (Å²) in [5.41, 5.74) is 2.72. The number of carbonyl (C=O) groups excluding carboxylic acids is 1. The first-order valence-corrected chi connectivity index (χ1v) is 8.97. The molecule has 5 nitrogen and oxygen atoms in total. The third kappa shape index (κ3) is 2.81. The lowest BCUT2D eigenvalue weighted by molar-refractivity contribution is 0.102. The number of carbonyl (C=O) groups is 1. The van der Waals surface area contributed by atoms with Gasteiger partial charge in [0.2, 0.25) is 0 Å². The van der Waals surface area contributed by atoms with Gasteiger partial charge in [0.05, 0.1) is 22.3 Å². The summed E-state index contributed by atoms with van der Waals surface area (Å²) < 4.78 is 3.72. The van der Waals surface area contributed by atoms with E-state index in [4.69, 9.17) is 0 Å². The van der Waals surface area contributed by atoms with Gasteiger partial charge >= 0.3 is 0 Å². The molecule has 2 aromatic carbocycles. The summed E-state index contributed by atoms with van der Waals surface area (Å²) in [6, 6.07) is 17.0. The summed E-state index contributed by atoms with van der Waals surface area (Å²) in [7, 11) is 1.71. The predicted octanol–water partition coefficient (Wildman–Crippen LogP) is 4.33. The number of para-hydroxylation sites is 1. The third-order valence-electron chi connectivity index (χ3n) is 4.97. The lowest BCUT2D eigenvalue weighted by Crippen LogP contribution is -2.21. The highest BCUT2D eigenvalue weighted by molar-refractivity contribution is 6.14. The molecule has 5 heteroatoms. The third-order valence-corrected chi connectivity index (χ3v) is 4.97. The van der Waals surface area contributed by atoms with Crippen molar-refractivity contribution in [3.05, 3.63) is 76.7 Å². The second-order valence-electron chi connectivity index (χ2n) is 6.98. The Hall–Kier alpha value is -3.34. The lowest BCUT2D eigenvalue weighted by atomic mass is 10.1. The molecule has 0 fully saturated rings. The van der Waals surface area contributed by atoms with Crippen LogP contribution in [-0.2, 0) is 7.05 Å². The van der Waals surface area contributed by atoms with Crippen LogP contribution in [0, 0.1) is 0 Å². The van der Waals surface area contributed by atoms with Gasteiger partial charge in [0.1, 0.15) is 0 Å². The molecule has 4 rings (SSSR count). The molecule has 0 saturated heterocycles. The number of nitrogens with one attached hydrogen (secondary N) is 1. The Labute approximate surface area is 156 Å². The average molecular weight is 359 g/mol. The molecule has 0 unspecified atom stereocenters. The number of pyridine rings is 1. The molecule has 0 aliphatic rings. The molecule has 0 saturated carbocycles. The number of aromatic nitrogens is 2. The Kier molecular flexibility index (Phi) is 4.07. The minimum absolute atomic E-state index is 0.206. The fourth-order valence-electron chi connectivity index (χ4n) is 3.54. The summed E-state index contributed by atoms with van der Waals surface area (Å²) in [4.78, 5) is 25.3. The number of amides is 1. The maximum Gasteiger partial charge on any atom is 0.256 e. The number of nitrogens with zero attached hydrogens (tertiary/aromatic N) is 2. The molecule has 1 N–H and O–H groups in total. The molecule has 0 atom stereocenters. The zero-order chi connectivity index (χ0) is 19.1. The van der Waals surface area contributed by atoms with Crippen LogP contribution in [0.2, 0.25) is 0 Å². The molecule has 2 heterocycles. The topological polar surface area (TPSA) is 56.0 Å². The normalized spacial score (nSPS) is 11.4. The highest BCUT2D eigenvalue weighted by Gasteiger charge is 2.15. The van der Waals surface area contributed by atoms with Crippen LogP contribution < -0.4 is 10.9 Å². The van der Waals surface area contributed by atoms with Crippen LogP contribution in [0.15, 0.2) is 65.6 Å². The Morgan fingerprint density at radius 1 is 0.963 bits per heavy atom. The molecule has 0 bridgehead atoms. The van der Waals surface area contributed by atoms with Gasteiger partial charge in [-0.1, -0.05) is 24.3 Å². The second kappa shape index (κ2) is 6.43. The summed E-state index contributed by atoms with van der Waals surface area (Å²) >= 11 is 0. The van der Waals surface area contributed by atoms with Crippen LogP contribution in [0.4, 0.5) is 5.69 Å². The van der Waals surface area contributed by atoms with E-state index in [0.717, 1.165) is 27.5 Å². The van der Waals surface area contributed by atoms with Crippen LogP contribution >= 0.6 is 0 Å². The highest BCUT2D eigenvalue weighted by Crippen LogP contribution is 2.27. The molecule has 2 aromatic heterocycles. The Balaban J connectivity index is 1.80. The summed E-state index contributed by atoms with van der Waals surface area (Å²) in [6.07, 6.45) is 2.03. The van der Waals surface area contributed by atoms with Crippen molar-refractivity contribution in [3.63, 3.8) is 0 Å². The van der Waals surface area contributed by atoms with Crippen molar-refractivity contribution in [1.29, 1.82) is 0 Å². The van der Waals surface area contributed by atoms with Crippen molar-refractivity contribution in [1.82, 2.24) is 9.13 Å². The molecule has 0 aliphatic heterocycles. The number of aryl methyl sites for hydroxylation is 1. The van der Waals surface area contributed by atoms with E-state index in [1.807, 2.05) is 54.7 Å². The van der Waals surface area contributed by atoms with Gasteiger partial charge in [0.15, 0.2) is 0 Å². The van der Waals surface area contributed by atoms with E-state index in [9.17, 15) is 9.59 Å². The second-order valence-corrected chi connectivity index (χ2v) is 6.98. The van der Waals surface area contributed by atoms with Crippen molar-refractivity contribution in [2.24, 2.45) is 7.05 Å². The molecular formula is C22H21N3O2. The van der Waals surface area contributed by atoms with Crippen molar-refractivity contribution in [3.8, 4) is 0 Å². The summed E-state index contributed by atoms with van der Waals surface area (Å²) in [6.45, 7) is 4.24. The van der Waals surface area contributed by atoms with E-state index >= 15 is 0 Å². The maximum atomic E-state index is 13.0. The first-order valence-electron chi connectivity index (χ1n) is 8.97. The van der Waals surface area contributed by atoms with E-state index in [-0.39, 0.29) is 11.5 Å². The van der Waals surface area contributed by atoms with Gasteiger partial charge in [-0.15, -0.1) is 0 Å². The fraction of sp³-hybridized carbons (Fsp3) is 0.182. The molecule has 0 aliphatic carbocycles. The molecule has 0 spiro atoms. The quantitative estimate of drug-likeness (QED) is 0.592. The largest absolute Gasteiger partial charge is 0.345 e. The molecule has 27 heavy (non-hydrogen) atoms. The molecular weight excluding hydrogens is 338 g/mol. The highest BCUT2D eigenvalue weighted by atomic mass is 16.2. The number of hydrogen-bond acceptors (Lipinski definition) is 2. The van der Waals surface area contributed by atoms with E-state index < -0.39 is 0 Å². The number of anilines is 1. The SMILES string of the molecule is CC(C)n1ccc2c(NC(=O)c3cc(=O)n(C)c4ccccc34)cccc21.